The Morgan fingerprint density at radius 3 is 2.89 bits per heavy atom. The first kappa shape index (κ1) is 13.0. The van der Waals surface area contributed by atoms with Gasteiger partial charge in [-0.1, -0.05) is 34.9 Å². The number of hydrogen-bond donors (Lipinski definition) is 1. The number of benzene rings is 1. The van der Waals surface area contributed by atoms with Crippen molar-refractivity contribution in [2.45, 2.75) is 26.3 Å². The molecule has 0 aliphatic heterocycles. The predicted octanol–water partition coefficient (Wildman–Crippen LogP) is 3.71. The lowest BCUT2D eigenvalue weighted by atomic mass is 10.2. The lowest BCUT2D eigenvalue weighted by molar-refractivity contribution is 0.419. The molecule has 1 N–H and O–H groups in total. The van der Waals surface area contributed by atoms with Crippen LogP contribution in [0.4, 0.5) is 10.4 Å². The van der Waals surface area contributed by atoms with Crippen LogP contribution in [-0.2, 0) is 6.54 Å². The summed E-state index contributed by atoms with van der Waals surface area (Å²) in [6, 6.07) is 5.08. The first-order valence-electron chi connectivity index (χ1n) is 5.57. The zero-order valence-electron chi connectivity index (χ0n) is 10.1. The Balaban J connectivity index is 2.04. The van der Waals surface area contributed by atoms with Crippen molar-refractivity contribution in [2.24, 2.45) is 0 Å². The first-order chi connectivity index (χ1) is 8.56. The highest BCUT2D eigenvalue weighted by atomic mass is 79.9. The van der Waals surface area contributed by atoms with Gasteiger partial charge in [-0.15, -0.1) is 0 Å². The minimum Gasteiger partial charge on any atom is -0.334 e. The molecule has 96 valence electrons. The number of nitrogens with zero attached hydrogens (tertiary/aromatic N) is 2. The molecule has 0 saturated heterocycles. The standard InChI is InChI=1S/C12H13BrFN3O/c1-7(2)11-16-12(18-17-11)15-6-8-5-9(13)3-4-10(8)14/h3-5,7H,6H2,1-2H3,(H,15,16,17). The minimum absolute atomic E-state index is 0.201. The summed E-state index contributed by atoms with van der Waals surface area (Å²) in [6.45, 7) is 4.25. The SMILES string of the molecule is CC(C)c1noc(NCc2cc(Br)ccc2F)n1. The second kappa shape index (κ2) is 5.48. The highest BCUT2D eigenvalue weighted by Gasteiger charge is 2.10. The summed E-state index contributed by atoms with van der Waals surface area (Å²) in [6.07, 6.45) is 0. The number of anilines is 1. The second-order valence-electron chi connectivity index (χ2n) is 4.20. The van der Waals surface area contributed by atoms with Gasteiger partial charge in [-0.25, -0.2) is 4.39 Å². The number of halogens is 2. The van der Waals surface area contributed by atoms with Crippen molar-refractivity contribution in [1.29, 1.82) is 0 Å². The van der Waals surface area contributed by atoms with Crippen molar-refractivity contribution in [2.75, 3.05) is 5.32 Å². The highest BCUT2D eigenvalue weighted by molar-refractivity contribution is 9.10. The van der Waals surface area contributed by atoms with E-state index in [0.29, 0.717) is 23.9 Å². The second-order valence-corrected chi connectivity index (χ2v) is 5.12. The third kappa shape index (κ3) is 3.07. The molecule has 0 atom stereocenters. The third-order valence-electron chi connectivity index (χ3n) is 2.40. The predicted molar refractivity (Wildman–Crippen MR) is 69.8 cm³/mol. The zero-order chi connectivity index (χ0) is 13.1. The maximum absolute atomic E-state index is 13.5. The highest BCUT2D eigenvalue weighted by Crippen LogP contribution is 2.17. The molecule has 0 unspecified atom stereocenters. The van der Waals surface area contributed by atoms with Crippen LogP contribution in [-0.4, -0.2) is 10.1 Å². The zero-order valence-corrected chi connectivity index (χ0v) is 11.7. The number of aromatic nitrogens is 2. The van der Waals surface area contributed by atoms with Gasteiger partial charge in [0.2, 0.25) is 0 Å². The molecule has 2 rings (SSSR count). The van der Waals surface area contributed by atoms with E-state index in [1.165, 1.54) is 6.07 Å². The van der Waals surface area contributed by atoms with Crippen LogP contribution in [0.15, 0.2) is 27.2 Å². The maximum Gasteiger partial charge on any atom is 0.321 e. The smallest absolute Gasteiger partial charge is 0.321 e. The van der Waals surface area contributed by atoms with Gasteiger partial charge in [0.15, 0.2) is 5.82 Å². The molecule has 6 heteroatoms. The summed E-state index contributed by atoms with van der Waals surface area (Å²) in [5.41, 5.74) is 0.536. The Hall–Kier alpha value is -1.43. The summed E-state index contributed by atoms with van der Waals surface area (Å²) in [5.74, 6) is 0.563. The van der Waals surface area contributed by atoms with Crippen LogP contribution in [0, 0.1) is 5.82 Å². The van der Waals surface area contributed by atoms with Gasteiger partial charge >= 0.3 is 6.01 Å². The largest absolute Gasteiger partial charge is 0.334 e. The summed E-state index contributed by atoms with van der Waals surface area (Å²) >= 11 is 3.30. The van der Waals surface area contributed by atoms with Gasteiger partial charge in [-0.3, -0.25) is 0 Å². The van der Waals surface area contributed by atoms with Crippen LogP contribution in [0.1, 0.15) is 31.2 Å². The summed E-state index contributed by atoms with van der Waals surface area (Å²) in [5, 5.41) is 6.72. The van der Waals surface area contributed by atoms with Crippen LogP contribution in [0.5, 0.6) is 0 Å². The molecule has 4 nitrogen and oxygen atoms in total. The molecular formula is C12H13BrFN3O. The van der Waals surface area contributed by atoms with E-state index in [0.717, 1.165) is 4.47 Å². The molecule has 18 heavy (non-hydrogen) atoms. The third-order valence-corrected chi connectivity index (χ3v) is 2.89. The first-order valence-corrected chi connectivity index (χ1v) is 6.37. The van der Waals surface area contributed by atoms with Crippen molar-refractivity contribution >= 4 is 21.9 Å². The van der Waals surface area contributed by atoms with Gasteiger partial charge in [0.25, 0.3) is 0 Å². The van der Waals surface area contributed by atoms with Gasteiger partial charge in [0.1, 0.15) is 5.82 Å². The Labute approximate surface area is 113 Å². The van der Waals surface area contributed by atoms with E-state index in [2.05, 4.69) is 31.4 Å². The van der Waals surface area contributed by atoms with Crippen LogP contribution in [0.25, 0.3) is 0 Å². The van der Waals surface area contributed by atoms with Crippen molar-refractivity contribution in [3.8, 4) is 0 Å². The molecule has 2 aromatic rings. The van der Waals surface area contributed by atoms with E-state index in [1.54, 1.807) is 12.1 Å². The maximum atomic E-state index is 13.5. The van der Waals surface area contributed by atoms with Gasteiger partial charge in [-0.2, -0.15) is 4.98 Å². The molecule has 0 aliphatic rings. The molecule has 0 bridgehead atoms. The molecule has 1 heterocycles. The Kier molecular flexibility index (Phi) is 3.96. The average molecular weight is 314 g/mol. The average Bonchev–Trinajstić information content (AvgIpc) is 2.79. The van der Waals surface area contributed by atoms with E-state index in [9.17, 15) is 4.39 Å². The van der Waals surface area contributed by atoms with E-state index >= 15 is 0 Å². The fourth-order valence-electron chi connectivity index (χ4n) is 1.39. The minimum atomic E-state index is -0.269. The molecule has 0 aliphatic carbocycles. The summed E-state index contributed by atoms with van der Waals surface area (Å²) in [4.78, 5) is 4.15. The monoisotopic (exact) mass is 313 g/mol. The van der Waals surface area contributed by atoms with Crippen molar-refractivity contribution in [1.82, 2.24) is 10.1 Å². The van der Waals surface area contributed by atoms with E-state index < -0.39 is 0 Å². The van der Waals surface area contributed by atoms with Crippen molar-refractivity contribution in [3.05, 3.63) is 39.9 Å². The van der Waals surface area contributed by atoms with Crippen molar-refractivity contribution < 1.29 is 8.91 Å². The number of hydrogen-bond acceptors (Lipinski definition) is 4. The molecule has 0 amide bonds. The van der Waals surface area contributed by atoms with Gasteiger partial charge in [0, 0.05) is 22.5 Å². The molecule has 0 radical (unpaired) electrons. The van der Waals surface area contributed by atoms with Gasteiger partial charge in [0.05, 0.1) is 0 Å². The topological polar surface area (TPSA) is 51.0 Å². The fourth-order valence-corrected chi connectivity index (χ4v) is 1.80. The molecule has 1 aromatic carbocycles. The Bertz CT molecular complexity index is 542. The fraction of sp³-hybridized carbons (Fsp3) is 0.333. The Morgan fingerprint density at radius 1 is 1.44 bits per heavy atom. The quantitative estimate of drug-likeness (QED) is 0.935. The summed E-state index contributed by atoms with van der Waals surface area (Å²) < 4.78 is 19.3. The van der Waals surface area contributed by atoms with E-state index in [-0.39, 0.29) is 11.7 Å². The Morgan fingerprint density at radius 2 is 2.22 bits per heavy atom. The molecular weight excluding hydrogens is 301 g/mol. The molecule has 0 spiro atoms. The molecule has 0 fully saturated rings. The van der Waals surface area contributed by atoms with Crippen LogP contribution in [0.3, 0.4) is 0 Å². The van der Waals surface area contributed by atoms with Gasteiger partial charge in [-0.05, 0) is 18.2 Å². The van der Waals surface area contributed by atoms with Crippen molar-refractivity contribution in [3.63, 3.8) is 0 Å². The van der Waals surface area contributed by atoms with E-state index in [4.69, 9.17) is 4.52 Å². The number of rotatable bonds is 4. The van der Waals surface area contributed by atoms with Crippen LogP contribution in [0.2, 0.25) is 0 Å². The normalized spacial score (nSPS) is 10.9. The number of nitrogens with one attached hydrogen (secondary N) is 1. The van der Waals surface area contributed by atoms with E-state index in [1.807, 2.05) is 13.8 Å². The lowest BCUT2D eigenvalue weighted by Crippen LogP contribution is -2.02. The summed E-state index contributed by atoms with van der Waals surface area (Å²) in [7, 11) is 0. The van der Waals surface area contributed by atoms with Crippen LogP contribution < -0.4 is 5.32 Å². The lowest BCUT2D eigenvalue weighted by Gasteiger charge is -2.03. The van der Waals surface area contributed by atoms with Gasteiger partial charge < -0.3 is 9.84 Å². The molecule has 0 saturated carbocycles. The molecule has 1 aromatic heterocycles. The van der Waals surface area contributed by atoms with Crippen LogP contribution >= 0.6 is 15.9 Å².